The molecule has 24 heteroatoms. The second-order valence-corrected chi connectivity index (χ2v) is 12.5. The van der Waals surface area contributed by atoms with Gasteiger partial charge in [-0.05, 0) is 70.8 Å². The molecule has 4 aromatic rings. The molecular weight excluding hydrogens is 846 g/mol. The number of benzene rings is 3. The van der Waals surface area contributed by atoms with Crippen molar-refractivity contribution in [3.05, 3.63) is 89.4 Å². The number of carboxylic acid groups (broad SMARTS) is 3. The van der Waals surface area contributed by atoms with Crippen LogP contribution in [-0.2, 0) is 27.5 Å². The van der Waals surface area contributed by atoms with Gasteiger partial charge in [0.25, 0.3) is 0 Å². The number of anilines is 2. The molecule has 0 bridgehead atoms. The molecule has 1 aromatic heterocycles. The van der Waals surface area contributed by atoms with Crippen LogP contribution < -0.4 is 20.1 Å². The second-order valence-electron chi connectivity index (χ2n) is 12.5. The van der Waals surface area contributed by atoms with Gasteiger partial charge >= 0.3 is 36.4 Å². The number of amidine groups is 1. The summed E-state index contributed by atoms with van der Waals surface area (Å²) in [6.45, 7) is 6.95. The number of hydrogen-bond donors (Lipinski definition) is 6. The fourth-order valence-corrected chi connectivity index (χ4v) is 4.45. The Hall–Kier alpha value is -6.59. The summed E-state index contributed by atoms with van der Waals surface area (Å²) < 4.78 is 122. The molecule has 61 heavy (non-hydrogen) atoms. The van der Waals surface area contributed by atoms with Crippen LogP contribution >= 0.6 is 0 Å². The Morgan fingerprint density at radius 3 is 1.74 bits per heavy atom. The van der Waals surface area contributed by atoms with Gasteiger partial charge in [0.15, 0.2) is 11.6 Å². The largest absolute Gasteiger partial charge is 0.494 e. The lowest BCUT2D eigenvalue weighted by molar-refractivity contribution is -0.193. The fraction of sp³-hybridized carbons (Fsp3) is 0.324. The highest BCUT2D eigenvalue weighted by molar-refractivity contribution is 5.95. The molecule has 1 heterocycles. The minimum atomic E-state index is -5.08. The van der Waals surface area contributed by atoms with Crippen molar-refractivity contribution in [1.82, 2.24) is 14.9 Å². The SMILES string of the molecule is CCOc1cc(CN(c2ccc(C(=N)N)cc2)c2nc(-c3ccccc3CN(C)C)c[nH]2)c(F)c(OC(C)C)c1.O=C(O)C(F)(F)F.O=C(O)C(F)(F)F.O=C(O)C(F)(F)F. The third-order valence-electron chi connectivity index (χ3n) is 6.91. The number of hydrogen-bond acceptors (Lipinski definition) is 9. The highest BCUT2D eigenvalue weighted by Gasteiger charge is 2.39. The second kappa shape index (κ2) is 22.7. The van der Waals surface area contributed by atoms with Gasteiger partial charge in [-0.1, -0.05) is 24.3 Å². The molecule has 0 fully saturated rings. The van der Waals surface area contributed by atoms with Crippen LogP contribution in [0.5, 0.6) is 11.5 Å². The Balaban J connectivity index is 0.000000726. The summed E-state index contributed by atoms with van der Waals surface area (Å²) >= 11 is 0. The van der Waals surface area contributed by atoms with E-state index in [0.717, 1.165) is 29.1 Å². The standard InChI is InChI=1S/C31H37FN6O2.3C2HF3O2/c1-6-39-25-15-23(29(32)28(16-25)40-20(2)3)19-38(24-13-11-21(12-14-24)30(33)34)31-35-17-27(36-31)26-10-8-7-9-22(26)18-37(4)5;3*3-2(4,5)1(6)7/h7-17,20H,6,18-19H2,1-5H3,(H3,33,34)(H,35,36);3*(H,6,7). The molecule has 4 rings (SSSR count). The Kier molecular flexibility index (Phi) is 19.5. The predicted octanol–water partition coefficient (Wildman–Crippen LogP) is 7.99. The van der Waals surface area contributed by atoms with Gasteiger partial charge in [0.2, 0.25) is 5.95 Å². The number of halogens is 10. The van der Waals surface area contributed by atoms with Crippen molar-refractivity contribution in [2.45, 2.75) is 58.5 Å². The first-order valence-electron chi connectivity index (χ1n) is 17.0. The predicted molar refractivity (Wildman–Crippen MR) is 199 cm³/mol. The molecule has 0 unspecified atom stereocenters. The van der Waals surface area contributed by atoms with Crippen LogP contribution in [-0.4, -0.2) is 99.3 Å². The van der Waals surface area contributed by atoms with E-state index in [4.69, 9.17) is 55.3 Å². The summed E-state index contributed by atoms with van der Waals surface area (Å²) in [5, 5.41) is 29.1. The molecule has 0 aliphatic carbocycles. The molecule has 3 aromatic carbocycles. The quantitative estimate of drug-likeness (QED) is 0.0454. The summed E-state index contributed by atoms with van der Waals surface area (Å²) in [6.07, 6.45) is -13.6. The Morgan fingerprint density at radius 1 is 0.820 bits per heavy atom. The normalized spacial score (nSPS) is 11.2. The van der Waals surface area contributed by atoms with Gasteiger partial charge in [-0.15, -0.1) is 0 Å². The lowest BCUT2D eigenvalue weighted by atomic mass is 10.0. The molecular formula is C37H40F10N6O8. The summed E-state index contributed by atoms with van der Waals surface area (Å²) in [7, 11) is 4.06. The van der Waals surface area contributed by atoms with E-state index in [1.165, 1.54) is 0 Å². The van der Waals surface area contributed by atoms with E-state index in [1.807, 2.05) is 76.3 Å². The summed E-state index contributed by atoms with van der Waals surface area (Å²) in [5.41, 5.74) is 10.4. The van der Waals surface area contributed by atoms with Crippen LogP contribution in [0.15, 0.2) is 66.9 Å². The molecule has 0 aliphatic heterocycles. The first kappa shape index (κ1) is 52.4. The van der Waals surface area contributed by atoms with Crippen molar-refractivity contribution in [2.24, 2.45) is 5.73 Å². The zero-order valence-electron chi connectivity index (χ0n) is 32.6. The molecule has 336 valence electrons. The van der Waals surface area contributed by atoms with Crippen LogP contribution in [0.3, 0.4) is 0 Å². The maximum absolute atomic E-state index is 15.8. The average molecular weight is 887 g/mol. The van der Waals surface area contributed by atoms with Crippen LogP contribution in [0.1, 0.15) is 37.5 Å². The maximum Gasteiger partial charge on any atom is 0.490 e. The third-order valence-corrected chi connectivity index (χ3v) is 6.91. The highest BCUT2D eigenvalue weighted by Crippen LogP contribution is 2.34. The molecule has 14 nitrogen and oxygen atoms in total. The van der Waals surface area contributed by atoms with Crippen LogP contribution in [0.4, 0.5) is 55.5 Å². The monoisotopic (exact) mass is 886 g/mol. The van der Waals surface area contributed by atoms with E-state index in [-0.39, 0.29) is 24.2 Å². The fourth-order valence-electron chi connectivity index (χ4n) is 4.45. The number of H-pyrrole nitrogens is 1. The number of alkyl halides is 9. The van der Waals surface area contributed by atoms with Crippen molar-refractivity contribution in [1.29, 1.82) is 5.41 Å². The van der Waals surface area contributed by atoms with E-state index in [1.54, 1.807) is 24.3 Å². The molecule has 0 atom stereocenters. The van der Waals surface area contributed by atoms with Gasteiger partial charge in [0, 0.05) is 41.2 Å². The number of nitrogen functional groups attached to an aromatic ring is 1. The zero-order chi connectivity index (χ0) is 47.0. The topological polar surface area (TPSA) is 215 Å². The van der Waals surface area contributed by atoms with E-state index >= 15 is 4.39 Å². The summed E-state index contributed by atoms with van der Waals surface area (Å²) in [5.74, 6) is -7.54. The van der Waals surface area contributed by atoms with Gasteiger partial charge in [0.05, 0.1) is 24.9 Å². The van der Waals surface area contributed by atoms with Gasteiger partial charge < -0.3 is 45.3 Å². The van der Waals surface area contributed by atoms with Gasteiger partial charge in [0.1, 0.15) is 11.6 Å². The minimum absolute atomic E-state index is 0.0261. The number of nitrogens with zero attached hydrogens (tertiary/aromatic N) is 3. The highest BCUT2D eigenvalue weighted by atomic mass is 19.4. The number of aromatic nitrogens is 2. The number of rotatable bonds is 12. The average Bonchev–Trinajstić information content (AvgIpc) is 3.61. The van der Waals surface area contributed by atoms with Crippen molar-refractivity contribution in [2.75, 3.05) is 25.6 Å². The number of aromatic amines is 1. The van der Waals surface area contributed by atoms with Crippen LogP contribution in [0, 0.1) is 11.2 Å². The molecule has 0 spiro atoms. The van der Waals surface area contributed by atoms with E-state index in [0.29, 0.717) is 29.4 Å². The van der Waals surface area contributed by atoms with E-state index < -0.39 is 42.3 Å². The van der Waals surface area contributed by atoms with Crippen molar-refractivity contribution in [3.8, 4) is 22.8 Å². The third kappa shape index (κ3) is 18.1. The number of nitrogens with one attached hydrogen (secondary N) is 2. The molecule has 7 N–H and O–H groups in total. The number of aliphatic carboxylic acids is 3. The molecule has 0 amide bonds. The molecule has 0 aliphatic rings. The van der Waals surface area contributed by atoms with Crippen LogP contribution in [0.2, 0.25) is 0 Å². The number of ether oxygens (including phenoxy) is 2. The summed E-state index contributed by atoms with van der Waals surface area (Å²) in [4.78, 5) is 38.9. The van der Waals surface area contributed by atoms with Crippen LogP contribution in [0.25, 0.3) is 11.3 Å². The first-order chi connectivity index (χ1) is 28.0. The number of carbonyl (C=O) groups is 3. The maximum atomic E-state index is 15.8. The first-order valence-corrected chi connectivity index (χ1v) is 17.0. The number of carboxylic acids is 3. The molecule has 0 saturated carbocycles. The Morgan fingerprint density at radius 2 is 1.31 bits per heavy atom. The zero-order valence-corrected chi connectivity index (χ0v) is 32.6. The van der Waals surface area contributed by atoms with Crippen molar-refractivity contribution >= 4 is 35.4 Å². The lowest BCUT2D eigenvalue weighted by Gasteiger charge is -2.24. The Bertz CT molecular complexity index is 2010. The molecule has 0 saturated heterocycles. The van der Waals surface area contributed by atoms with Crippen molar-refractivity contribution < 1.29 is 83.1 Å². The lowest BCUT2D eigenvalue weighted by Crippen LogP contribution is -2.21. The number of nitrogens with two attached hydrogens (primary N) is 1. The Labute approximate surface area is 340 Å². The van der Waals surface area contributed by atoms with E-state index in [9.17, 15) is 39.5 Å². The van der Waals surface area contributed by atoms with E-state index in [2.05, 4.69) is 16.0 Å². The molecule has 0 radical (unpaired) electrons. The van der Waals surface area contributed by atoms with Gasteiger partial charge in [-0.25, -0.2) is 23.8 Å². The van der Waals surface area contributed by atoms with Crippen molar-refractivity contribution in [3.63, 3.8) is 0 Å². The minimum Gasteiger partial charge on any atom is -0.494 e. The smallest absolute Gasteiger partial charge is 0.490 e. The van der Waals surface area contributed by atoms with Gasteiger partial charge in [-0.3, -0.25) is 5.41 Å². The van der Waals surface area contributed by atoms with Gasteiger partial charge in [-0.2, -0.15) is 39.5 Å². The number of imidazole rings is 1. The summed E-state index contributed by atoms with van der Waals surface area (Å²) in [6, 6.07) is 18.6.